The standard InChI is InChI=1S/C21H24N2O4/c1-3-16(20-23-17-10-5-6-11-19(17)27-20)22-13-14-8-7-9-15(12-14)26-18(4-2)21(24)25/h5-12,16,18,22H,3-4,13H2,1-2H3,(H,24,25). The average molecular weight is 368 g/mol. The van der Waals surface area contributed by atoms with Gasteiger partial charge in [0.25, 0.3) is 0 Å². The Morgan fingerprint density at radius 1 is 1.19 bits per heavy atom. The molecule has 27 heavy (non-hydrogen) atoms. The van der Waals surface area contributed by atoms with Crippen LogP contribution in [0.2, 0.25) is 0 Å². The number of nitrogens with zero attached hydrogens (tertiary/aromatic N) is 1. The zero-order valence-corrected chi connectivity index (χ0v) is 15.5. The number of ether oxygens (including phenoxy) is 1. The zero-order chi connectivity index (χ0) is 19.2. The molecular weight excluding hydrogens is 344 g/mol. The number of carboxylic acid groups (broad SMARTS) is 1. The highest BCUT2D eigenvalue weighted by atomic mass is 16.5. The Morgan fingerprint density at radius 2 is 2.00 bits per heavy atom. The summed E-state index contributed by atoms with van der Waals surface area (Å²) in [7, 11) is 0. The van der Waals surface area contributed by atoms with Crippen molar-refractivity contribution in [2.75, 3.05) is 0 Å². The van der Waals surface area contributed by atoms with E-state index < -0.39 is 12.1 Å². The number of rotatable bonds is 9. The van der Waals surface area contributed by atoms with E-state index >= 15 is 0 Å². The summed E-state index contributed by atoms with van der Waals surface area (Å²) in [6.07, 6.45) is 0.407. The van der Waals surface area contributed by atoms with Crippen LogP contribution in [0.1, 0.15) is 44.2 Å². The molecule has 2 N–H and O–H groups in total. The quantitative estimate of drug-likeness (QED) is 0.585. The van der Waals surface area contributed by atoms with Gasteiger partial charge in [0.05, 0.1) is 6.04 Å². The third kappa shape index (κ3) is 4.65. The van der Waals surface area contributed by atoms with Crippen LogP contribution in [-0.4, -0.2) is 22.2 Å². The maximum atomic E-state index is 11.1. The van der Waals surface area contributed by atoms with E-state index in [0.29, 0.717) is 24.6 Å². The lowest BCUT2D eigenvalue weighted by atomic mass is 10.1. The molecule has 0 saturated carbocycles. The van der Waals surface area contributed by atoms with Gasteiger partial charge in [0, 0.05) is 6.54 Å². The fraction of sp³-hybridized carbons (Fsp3) is 0.333. The van der Waals surface area contributed by atoms with E-state index in [2.05, 4.69) is 17.2 Å². The summed E-state index contributed by atoms with van der Waals surface area (Å²) in [5.41, 5.74) is 2.63. The minimum Gasteiger partial charge on any atom is -0.479 e. The minimum atomic E-state index is -0.956. The summed E-state index contributed by atoms with van der Waals surface area (Å²) >= 11 is 0. The predicted octanol–water partition coefficient (Wildman–Crippen LogP) is 4.31. The minimum absolute atomic E-state index is 0.00983. The van der Waals surface area contributed by atoms with Crippen molar-refractivity contribution >= 4 is 17.1 Å². The van der Waals surface area contributed by atoms with Gasteiger partial charge in [0.1, 0.15) is 11.3 Å². The molecule has 0 aliphatic carbocycles. The molecule has 0 amide bonds. The number of oxazole rings is 1. The molecular formula is C21H24N2O4. The highest BCUT2D eigenvalue weighted by Gasteiger charge is 2.18. The van der Waals surface area contributed by atoms with Crippen LogP contribution in [0.3, 0.4) is 0 Å². The molecule has 2 atom stereocenters. The number of hydrogen-bond acceptors (Lipinski definition) is 5. The second-order valence-electron chi connectivity index (χ2n) is 6.36. The van der Waals surface area contributed by atoms with Gasteiger partial charge < -0.3 is 19.6 Å². The van der Waals surface area contributed by atoms with Crippen LogP contribution < -0.4 is 10.1 Å². The van der Waals surface area contributed by atoms with Crippen LogP contribution in [0.25, 0.3) is 11.1 Å². The molecule has 1 heterocycles. The average Bonchev–Trinajstić information content (AvgIpc) is 3.10. The lowest BCUT2D eigenvalue weighted by Crippen LogP contribution is -2.26. The molecule has 3 aromatic rings. The number of aromatic nitrogens is 1. The van der Waals surface area contributed by atoms with Crippen LogP contribution in [-0.2, 0) is 11.3 Å². The Kier molecular flexibility index (Phi) is 6.08. The van der Waals surface area contributed by atoms with Crippen LogP contribution >= 0.6 is 0 Å². The maximum Gasteiger partial charge on any atom is 0.344 e. The number of nitrogens with one attached hydrogen (secondary N) is 1. The summed E-state index contributed by atoms with van der Waals surface area (Å²) in [5, 5.41) is 12.6. The topological polar surface area (TPSA) is 84.6 Å². The van der Waals surface area contributed by atoms with Gasteiger partial charge in [-0.2, -0.15) is 0 Å². The molecule has 6 heteroatoms. The van der Waals surface area contributed by atoms with E-state index in [1.165, 1.54) is 0 Å². The van der Waals surface area contributed by atoms with Crippen LogP contribution in [0.4, 0.5) is 0 Å². The zero-order valence-electron chi connectivity index (χ0n) is 15.5. The van der Waals surface area contributed by atoms with E-state index in [1.807, 2.05) is 42.5 Å². The normalized spacial score (nSPS) is 13.4. The molecule has 0 aliphatic rings. The molecule has 2 aromatic carbocycles. The highest BCUT2D eigenvalue weighted by Crippen LogP contribution is 2.23. The second kappa shape index (κ2) is 8.68. The van der Waals surface area contributed by atoms with Crippen molar-refractivity contribution in [3.05, 3.63) is 60.0 Å². The van der Waals surface area contributed by atoms with Crippen LogP contribution in [0.15, 0.2) is 52.9 Å². The van der Waals surface area contributed by atoms with Crippen molar-refractivity contribution in [3.8, 4) is 5.75 Å². The number of carboxylic acids is 1. The third-order valence-electron chi connectivity index (χ3n) is 4.39. The fourth-order valence-electron chi connectivity index (χ4n) is 2.89. The number of aliphatic carboxylic acids is 1. The van der Waals surface area contributed by atoms with Crippen molar-refractivity contribution in [1.82, 2.24) is 10.3 Å². The number of benzene rings is 2. The van der Waals surface area contributed by atoms with Gasteiger partial charge in [-0.25, -0.2) is 9.78 Å². The second-order valence-corrected chi connectivity index (χ2v) is 6.36. The Labute approximate surface area is 158 Å². The molecule has 0 bridgehead atoms. The molecule has 3 rings (SSSR count). The molecule has 0 radical (unpaired) electrons. The van der Waals surface area contributed by atoms with E-state index in [9.17, 15) is 4.79 Å². The van der Waals surface area contributed by atoms with Gasteiger partial charge in [0.2, 0.25) is 5.89 Å². The largest absolute Gasteiger partial charge is 0.479 e. The lowest BCUT2D eigenvalue weighted by molar-refractivity contribution is -0.145. The third-order valence-corrected chi connectivity index (χ3v) is 4.39. The van der Waals surface area contributed by atoms with Gasteiger partial charge in [-0.15, -0.1) is 0 Å². The molecule has 0 spiro atoms. The Hall–Kier alpha value is -2.86. The molecule has 0 fully saturated rings. The molecule has 1 aromatic heterocycles. The smallest absolute Gasteiger partial charge is 0.344 e. The van der Waals surface area contributed by atoms with Gasteiger partial charge in [-0.1, -0.05) is 38.1 Å². The first-order chi connectivity index (χ1) is 13.1. The number of fused-ring (bicyclic) bond motifs is 1. The SMILES string of the molecule is CCC(Oc1cccc(CNC(CC)c2nc3ccccc3o2)c1)C(=O)O. The maximum absolute atomic E-state index is 11.1. The van der Waals surface area contributed by atoms with E-state index in [4.69, 9.17) is 14.3 Å². The van der Waals surface area contributed by atoms with Gasteiger partial charge in [-0.3, -0.25) is 0 Å². The lowest BCUT2D eigenvalue weighted by Gasteiger charge is -2.16. The number of hydrogen-bond donors (Lipinski definition) is 2. The fourth-order valence-corrected chi connectivity index (χ4v) is 2.89. The molecule has 0 saturated heterocycles. The van der Waals surface area contributed by atoms with Crippen molar-refractivity contribution in [2.45, 2.75) is 45.4 Å². The molecule has 2 unspecified atom stereocenters. The monoisotopic (exact) mass is 368 g/mol. The van der Waals surface area contributed by atoms with Crippen LogP contribution in [0.5, 0.6) is 5.75 Å². The highest BCUT2D eigenvalue weighted by molar-refractivity contribution is 5.73. The summed E-state index contributed by atoms with van der Waals surface area (Å²) in [6.45, 7) is 4.46. The Morgan fingerprint density at radius 3 is 2.70 bits per heavy atom. The first kappa shape index (κ1) is 18.9. The van der Waals surface area contributed by atoms with Crippen LogP contribution in [0, 0.1) is 0 Å². The Bertz CT molecular complexity index is 873. The van der Waals surface area contributed by atoms with E-state index in [0.717, 1.165) is 23.1 Å². The van der Waals surface area contributed by atoms with Crippen molar-refractivity contribution in [3.63, 3.8) is 0 Å². The van der Waals surface area contributed by atoms with Gasteiger partial charge >= 0.3 is 5.97 Å². The van der Waals surface area contributed by atoms with Crippen molar-refractivity contribution < 1.29 is 19.1 Å². The first-order valence-electron chi connectivity index (χ1n) is 9.18. The molecule has 142 valence electrons. The Balaban J connectivity index is 1.67. The predicted molar refractivity (Wildman–Crippen MR) is 103 cm³/mol. The summed E-state index contributed by atoms with van der Waals surface area (Å²) in [5.74, 6) is 0.268. The molecule has 0 aliphatic heterocycles. The van der Waals surface area contributed by atoms with Gasteiger partial charge in [0.15, 0.2) is 11.7 Å². The summed E-state index contributed by atoms with van der Waals surface area (Å²) in [4.78, 5) is 15.7. The number of carbonyl (C=O) groups is 1. The van der Waals surface area contributed by atoms with E-state index in [1.54, 1.807) is 13.0 Å². The summed E-state index contributed by atoms with van der Waals surface area (Å²) < 4.78 is 11.4. The summed E-state index contributed by atoms with van der Waals surface area (Å²) in [6, 6.07) is 15.2. The molecule has 6 nitrogen and oxygen atoms in total. The van der Waals surface area contributed by atoms with E-state index in [-0.39, 0.29) is 6.04 Å². The van der Waals surface area contributed by atoms with Crippen molar-refractivity contribution in [2.24, 2.45) is 0 Å². The van der Waals surface area contributed by atoms with Crippen molar-refractivity contribution in [1.29, 1.82) is 0 Å². The first-order valence-corrected chi connectivity index (χ1v) is 9.18. The number of para-hydroxylation sites is 2. The van der Waals surface area contributed by atoms with Gasteiger partial charge in [-0.05, 0) is 42.7 Å².